The molecule has 1 aliphatic rings. The van der Waals surface area contributed by atoms with Gasteiger partial charge in [0.2, 0.25) is 0 Å². The Balaban J connectivity index is 1.52. The third kappa shape index (κ3) is 4.89. The maximum absolute atomic E-state index is 12.5. The normalized spacial score (nSPS) is 14.1. The fraction of sp³-hybridized carbons (Fsp3) is 0.350. The van der Waals surface area contributed by atoms with Gasteiger partial charge in [0.25, 0.3) is 11.8 Å². The minimum absolute atomic E-state index is 0.0890. The number of nitrogens with zero attached hydrogens (tertiary/aromatic N) is 2. The number of ether oxygens (including phenoxy) is 1. The molecule has 0 atom stereocenters. The van der Waals surface area contributed by atoms with Crippen LogP contribution < -0.4 is 5.32 Å². The van der Waals surface area contributed by atoms with Gasteiger partial charge in [-0.1, -0.05) is 30.3 Å². The highest BCUT2D eigenvalue weighted by Crippen LogP contribution is 2.09. The van der Waals surface area contributed by atoms with Crippen LogP contribution in [0.25, 0.3) is 0 Å². The predicted octanol–water partition coefficient (Wildman–Crippen LogP) is 1.92. The molecule has 1 aromatic heterocycles. The van der Waals surface area contributed by atoms with E-state index in [-0.39, 0.29) is 17.5 Å². The van der Waals surface area contributed by atoms with E-state index in [0.717, 1.165) is 12.8 Å². The first kappa shape index (κ1) is 18.1. The van der Waals surface area contributed by atoms with Crippen LogP contribution in [0, 0.1) is 0 Å². The molecular weight excluding hydrogens is 330 g/mol. The Bertz CT molecular complexity index is 743. The molecule has 2 aromatic rings. The van der Waals surface area contributed by atoms with Crippen LogP contribution in [0.4, 0.5) is 0 Å². The van der Waals surface area contributed by atoms with Gasteiger partial charge in [0.1, 0.15) is 5.69 Å². The van der Waals surface area contributed by atoms with Gasteiger partial charge in [-0.2, -0.15) is 0 Å². The van der Waals surface area contributed by atoms with Crippen LogP contribution in [0.5, 0.6) is 0 Å². The fourth-order valence-corrected chi connectivity index (χ4v) is 2.87. The van der Waals surface area contributed by atoms with Crippen LogP contribution in [0.15, 0.2) is 48.7 Å². The van der Waals surface area contributed by atoms with Gasteiger partial charge >= 0.3 is 0 Å². The monoisotopic (exact) mass is 353 g/mol. The number of hydrogen-bond acceptors (Lipinski definition) is 4. The summed E-state index contributed by atoms with van der Waals surface area (Å²) >= 11 is 0. The zero-order chi connectivity index (χ0) is 18.2. The Kier molecular flexibility index (Phi) is 6.33. The van der Waals surface area contributed by atoms with Crippen LogP contribution >= 0.6 is 0 Å². The topological polar surface area (TPSA) is 71.5 Å². The Morgan fingerprint density at radius 2 is 1.88 bits per heavy atom. The molecule has 6 heteroatoms. The largest absolute Gasteiger partial charge is 0.378 e. The van der Waals surface area contributed by atoms with E-state index in [2.05, 4.69) is 22.4 Å². The molecule has 0 radical (unpaired) electrons. The van der Waals surface area contributed by atoms with E-state index in [0.29, 0.717) is 38.4 Å². The van der Waals surface area contributed by atoms with E-state index in [9.17, 15) is 9.59 Å². The van der Waals surface area contributed by atoms with Crippen LogP contribution in [-0.2, 0) is 11.2 Å². The average molecular weight is 353 g/mol. The summed E-state index contributed by atoms with van der Waals surface area (Å²) in [4.78, 5) is 30.6. The number of nitrogens with one attached hydrogen (secondary N) is 1. The number of aryl methyl sites for hydroxylation is 1. The molecule has 136 valence electrons. The molecule has 1 fully saturated rings. The maximum Gasteiger partial charge on any atom is 0.269 e. The Morgan fingerprint density at radius 1 is 1.12 bits per heavy atom. The lowest BCUT2D eigenvalue weighted by atomic mass is 10.1. The number of pyridine rings is 1. The molecule has 2 heterocycles. The SMILES string of the molecule is O=C(NCCCc1ccccc1)c1cc(C(=O)N2CCOCC2)ccn1. The molecule has 1 aliphatic heterocycles. The predicted molar refractivity (Wildman–Crippen MR) is 98.1 cm³/mol. The van der Waals surface area contributed by atoms with Crippen molar-refractivity contribution >= 4 is 11.8 Å². The maximum atomic E-state index is 12.5. The molecule has 0 unspecified atom stereocenters. The number of rotatable bonds is 6. The summed E-state index contributed by atoms with van der Waals surface area (Å²) in [5.74, 6) is -0.344. The number of aromatic nitrogens is 1. The minimum Gasteiger partial charge on any atom is -0.378 e. The van der Waals surface area contributed by atoms with Crippen molar-refractivity contribution in [1.82, 2.24) is 15.2 Å². The summed E-state index contributed by atoms with van der Waals surface area (Å²) in [6, 6.07) is 13.4. The third-order valence-electron chi connectivity index (χ3n) is 4.31. The second-order valence-electron chi connectivity index (χ2n) is 6.18. The van der Waals surface area contributed by atoms with Gasteiger partial charge in [0.15, 0.2) is 0 Å². The Hall–Kier alpha value is -2.73. The molecule has 1 N–H and O–H groups in total. The standard InChI is InChI=1S/C20H23N3O3/c24-19(22-9-4-7-16-5-2-1-3-6-16)18-15-17(8-10-21-18)20(25)23-11-13-26-14-12-23/h1-3,5-6,8,10,15H,4,7,9,11-14H2,(H,22,24). The summed E-state index contributed by atoms with van der Waals surface area (Å²) in [6.07, 6.45) is 3.26. The van der Waals surface area contributed by atoms with E-state index in [4.69, 9.17) is 4.74 Å². The first-order valence-corrected chi connectivity index (χ1v) is 8.89. The van der Waals surface area contributed by atoms with Crippen molar-refractivity contribution in [3.63, 3.8) is 0 Å². The van der Waals surface area contributed by atoms with Crippen LogP contribution in [-0.4, -0.2) is 54.5 Å². The Labute approximate surface area is 153 Å². The number of carbonyl (C=O) groups excluding carboxylic acids is 2. The molecular formula is C20H23N3O3. The number of hydrogen-bond donors (Lipinski definition) is 1. The fourth-order valence-electron chi connectivity index (χ4n) is 2.87. The van der Waals surface area contributed by atoms with E-state index in [1.165, 1.54) is 11.8 Å². The highest BCUT2D eigenvalue weighted by Gasteiger charge is 2.19. The zero-order valence-electron chi connectivity index (χ0n) is 14.7. The van der Waals surface area contributed by atoms with Gasteiger partial charge in [-0.15, -0.1) is 0 Å². The molecule has 6 nitrogen and oxygen atoms in total. The van der Waals surface area contributed by atoms with Crippen molar-refractivity contribution in [1.29, 1.82) is 0 Å². The first-order chi connectivity index (χ1) is 12.7. The van der Waals surface area contributed by atoms with Gasteiger partial charge in [-0.25, -0.2) is 0 Å². The lowest BCUT2D eigenvalue weighted by molar-refractivity contribution is 0.0303. The summed E-state index contributed by atoms with van der Waals surface area (Å²) in [5.41, 5.74) is 2.00. The quantitative estimate of drug-likeness (QED) is 0.806. The summed E-state index contributed by atoms with van der Waals surface area (Å²) in [6.45, 7) is 2.80. The lowest BCUT2D eigenvalue weighted by Crippen LogP contribution is -2.40. The highest BCUT2D eigenvalue weighted by atomic mass is 16.5. The van der Waals surface area contributed by atoms with E-state index in [1.807, 2.05) is 18.2 Å². The molecule has 0 saturated carbocycles. The smallest absolute Gasteiger partial charge is 0.269 e. The molecule has 0 spiro atoms. The molecule has 1 aromatic carbocycles. The van der Waals surface area contributed by atoms with E-state index in [1.54, 1.807) is 17.0 Å². The average Bonchev–Trinajstić information content (AvgIpc) is 2.72. The van der Waals surface area contributed by atoms with Gasteiger partial charge < -0.3 is 15.0 Å². The van der Waals surface area contributed by atoms with Gasteiger partial charge in [0.05, 0.1) is 13.2 Å². The summed E-state index contributed by atoms with van der Waals surface area (Å²) in [7, 11) is 0. The van der Waals surface area contributed by atoms with Crippen molar-refractivity contribution in [3.05, 3.63) is 65.5 Å². The van der Waals surface area contributed by atoms with Crippen molar-refractivity contribution in [2.45, 2.75) is 12.8 Å². The van der Waals surface area contributed by atoms with E-state index >= 15 is 0 Å². The Morgan fingerprint density at radius 3 is 2.65 bits per heavy atom. The van der Waals surface area contributed by atoms with Crippen molar-refractivity contribution in [3.8, 4) is 0 Å². The van der Waals surface area contributed by atoms with Gasteiger partial charge in [-0.3, -0.25) is 14.6 Å². The molecule has 0 aliphatic carbocycles. The molecule has 1 saturated heterocycles. The molecule has 3 rings (SSSR count). The van der Waals surface area contributed by atoms with Crippen LogP contribution in [0.1, 0.15) is 32.8 Å². The minimum atomic E-state index is -0.255. The van der Waals surface area contributed by atoms with Gasteiger partial charge in [0, 0.05) is 31.4 Å². The van der Waals surface area contributed by atoms with Crippen molar-refractivity contribution < 1.29 is 14.3 Å². The van der Waals surface area contributed by atoms with Crippen LogP contribution in [0.3, 0.4) is 0 Å². The second-order valence-corrected chi connectivity index (χ2v) is 6.18. The van der Waals surface area contributed by atoms with E-state index < -0.39 is 0 Å². The summed E-state index contributed by atoms with van der Waals surface area (Å²) < 4.78 is 5.26. The lowest BCUT2D eigenvalue weighted by Gasteiger charge is -2.26. The van der Waals surface area contributed by atoms with Gasteiger partial charge in [-0.05, 0) is 30.5 Å². The summed E-state index contributed by atoms with van der Waals surface area (Å²) in [5, 5.41) is 2.87. The van der Waals surface area contributed by atoms with Crippen molar-refractivity contribution in [2.24, 2.45) is 0 Å². The third-order valence-corrected chi connectivity index (χ3v) is 4.31. The zero-order valence-corrected chi connectivity index (χ0v) is 14.7. The highest BCUT2D eigenvalue weighted by molar-refractivity contribution is 5.98. The number of morpholine rings is 1. The van der Waals surface area contributed by atoms with Crippen molar-refractivity contribution in [2.75, 3.05) is 32.8 Å². The second kappa shape index (κ2) is 9.10. The number of carbonyl (C=O) groups is 2. The first-order valence-electron chi connectivity index (χ1n) is 8.89. The molecule has 26 heavy (non-hydrogen) atoms. The number of amides is 2. The molecule has 2 amide bonds. The van der Waals surface area contributed by atoms with Crippen LogP contribution in [0.2, 0.25) is 0 Å². The molecule has 0 bridgehead atoms. The number of benzene rings is 1.